The van der Waals surface area contributed by atoms with Crippen LogP contribution >= 0.6 is 11.3 Å². The monoisotopic (exact) mass is 365 g/mol. The standard InChI is InChI=1S/C21H19NO3S/c1-3-25-21(24)16-8-10-17(11-9-16)22-20(23)19-18(12-13-26-19)15-6-4-14(2)5-7-15/h4-13H,3H2,1-2H3,(H,22,23). The SMILES string of the molecule is CCOC(=O)c1ccc(NC(=O)c2sccc2-c2ccc(C)cc2)cc1. The van der Waals surface area contributed by atoms with Gasteiger partial charge in [-0.1, -0.05) is 29.8 Å². The Hall–Kier alpha value is -2.92. The van der Waals surface area contributed by atoms with Crippen LogP contribution in [0.1, 0.15) is 32.5 Å². The van der Waals surface area contributed by atoms with Crippen molar-refractivity contribution in [3.8, 4) is 11.1 Å². The number of nitrogens with one attached hydrogen (secondary N) is 1. The van der Waals surface area contributed by atoms with Crippen LogP contribution < -0.4 is 5.32 Å². The minimum Gasteiger partial charge on any atom is -0.462 e. The normalized spacial score (nSPS) is 10.4. The molecular weight excluding hydrogens is 346 g/mol. The van der Waals surface area contributed by atoms with Gasteiger partial charge in [-0.2, -0.15) is 0 Å². The molecule has 1 N–H and O–H groups in total. The van der Waals surface area contributed by atoms with E-state index in [1.165, 1.54) is 16.9 Å². The van der Waals surface area contributed by atoms with Crippen LogP contribution in [0.5, 0.6) is 0 Å². The van der Waals surface area contributed by atoms with Gasteiger partial charge in [0, 0.05) is 11.3 Å². The maximum atomic E-state index is 12.7. The molecule has 4 nitrogen and oxygen atoms in total. The van der Waals surface area contributed by atoms with E-state index in [0.29, 0.717) is 22.7 Å². The first-order chi connectivity index (χ1) is 12.6. The topological polar surface area (TPSA) is 55.4 Å². The Morgan fingerprint density at radius 1 is 1.00 bits per heavy atom. The molecule has 0 spiro atoms. The molecule has 0 aliphatic rings. The van der Waals surface area contributed by atoms with Crippen LogP contribution in [0.4, 0.5) is 5.69 Å². The molecule has 0 saturated carbocycles. The fraction of sp³-hybridized carbons (Fsp3) is 0.143. The number of ether oxygens (including phenoxy) is 1. The molecule has 1 amide bonds. The highest BCUT2D eigenvalue weighted by molar-refractivity contribution is 7.12. The molecule has 3 rings (SSSR count). The van der Waals surface area contributed by atoms with Crippen molar-refractivity contribution < 1.29 is 14.3 Å². The molecule has 0 atom stereocenters. The summed E-state index contributed by atoms with van der Waals surface area (Å²) in [7, 11) is 0. The quantitative estimate of drug-likeness (QED) is 0.636. The van der Waals surface area contributed by atoms with Crippen molar-refractivity contribution in [3.05, 3.63) is 76.0 Å². The van der Waals surface area contributed by atoms with Crippen LogP contribution in [-0.4, -0.2) is 18.5 Å². The zero-order valence-electron chi connectivity index (χ0n) is 14.6. The molecule has 0 bridgehead atoms. The molecule has 0 aliphatic heterocycles. The highest BCUT2D eigenvalue weighted by atomic mass is 32.1. The number of aryl methyl sites for hydroxylation is 1. The van der Waals surface area contributed by atoms with Crippen LogP contribution in [0.3, 0.4) is 0 Å². The number of amides is 1. The first-order valence-electron chi connectivity index (χ1n) is 8.31. The number of benzene rings is 2. The van der Waals surface area contributed by atoms with Crippen molar-refractivity contribution in [2.45, 2.75) is 13.8 Å². The van der Waals surface area contributed by atoms with E-state index in [4.69, 9.17) is 4.74 Å². The molecule has 26 heavy (non-hydrogen) atoms. The van der Waals surface area contributed by atoms with Gasteiger partial charge >= 0.3 is 5.97 Å². The summed E-state index contributed by atoms with van der Waals surface area (Å²) in [6.45, 7) is 4.13. The van der Waals surface area contributed by atoms with E-state index >= 15 is 0 Å². The summed E-state index contributed by atoms with van der Waals surface area (Å²) >= 11 is 1.40. The van der Waals surface area contributed by atoms with E-state index in [9.17, 15) is 9.59 Å². The summed E-state index contributed by atoms with van der Waals surface area (Å²) in [6, 6.07) is 16.7. The number of thiophene rings is 1. The van der Waals surface area contributed by atoms with Crippen molar-refractivity contribution in [1.29, 1.82) is 0 Å². The Balaban J connectivity index is 1.76. The lowest BCUT2D eigenvalue weighted by Crippen LogP contribution is -2.11. The number of esters is 1. The Morgan fingerprint density at radius 2 is 1.69 bits per heavy atom. The first-order valence-corrected chi connectivity index (χ1v) is 9.19. The molecule has 0 radical (unpaired) electrons. The Kier molecular flexibility index (Phi) is 5.49. The van der Waals surface area contributed by atoms with Gasteiger partial charge in [0.2, 0.25) is 0 Å². The first kappa shape index (κ1) is 17.9. The van der Waals surface area contributed by atoms with Crippen molar-refractivity contribution in [2.75, 3.05) is 11.9 Å². The van der Waals surface area contributed by atoms with E-state index in [0.717, 1.165) is 11.1 Å². The van der Waals surface area contributed by atoms with Crippen molar-refractivity contribution in [2.24, 2.45) is 0 Å². The lowest BCUT2D eigenvalue weighted by Gasteiger charge is -2.08. The fourth-order valence-electron chi connectivity index (χ4n) is 2.54. The van der Waals surface area contributed by atoms with Gasteiger partial charge in [0.15, 0.2) is 0 Å². The third-order valence-corrected chi connectivity index (χ3v) is 4.80. The predicted octanol–water partition coefficient (Wildman–Crippen LogP) is 5.15. The van der Waals surface area contributed by atoms with Gasteiger partial charge in [0.05, 0.1) is 17.0 Å². The molecule has 0 fully saturated rings. The second kappa shape index (κ2) is 7.97. The van der Waals surface area contributed by atoms with E-state index in [-0.39, 0.29) is 11.9 Å². The second-order valence-electron chi connectivity index (χ2n) is 5.78. The Bertz CT molecular complexity index is 911. The van der Waals surface area contributed by atoms with E-state index < -0.39 is 0 Å². The Morgan fingerprint density at radius 3 is 2.35 bits per heavy atom. The van der Waals surface area contributed by atoms with Gasteiger partial charge < -0.3 is 10.1 Å². The van der Waals surface area contributed by atoms with Gasteiger partial charge in [-0.25, -0.2) is 4.79 Å². The lowest BCUT2D eigenvalue weighted by molar-refractivity contribution is 0.0526. The van der Waals surface area contributed by atoms with Gasteiger partial charge in [-0.15, -0.1) is 11.3 Å². The number of hydrogen-bond acceptors (Lipinski definition) is 4. The largest absolute Gasteiger partial charge is 0.462 e. The van der Waals surface area contributed by atoms with Crippen LogP contribution in [0.25, 0.3) is 11.1 Å². The average molecular weight is 365 g/mol. The summed E-state index contributed by atoms with van der Waals surface area (Å²) in [5, 5.41) is 4.79. The third kappa shape index (κ3) is 4.00. The van der Waals surface area contributed by atoms with Crippen molar-refractivity contribution >= 4 is 28.9 Å². The fourth-order valence-corrected chi connectivity index (χ4v) is 3.35. The zero-order valence-corrected chi connectivity index (χ0v) is 15.4. The molecule has 1 heterocycles. The van der Waals surface area contributed by atoms with E-state index in [1.54, 1.807) is 31.2 Å². The van der Waals surface area contributed by atoms with Gasteiger partial charge in [-0.3, -0.25) is 4.79 Å². The van der Waals surface area contributed by atoms with Gasteiger partial charge in [0.25, 0.3) is 5.91 Å². The summed E-state index contributed by atoms with van der Waals surface area (Å²) in [4.78, 5) is 25.0. The minimum absolute atomic E-state index is 0.167. The molecular formula is C21H19NO3S. The van der Waals surface area contributed by atoms with Crippen LogP contribution in [0, 0.1) is 6.92 Å². The summed E-state index contributed by atoms with van der Waals surface area (Å²) in [5.41, 5.74) is 4.19. The van der Waals surface area contributed by atoms with Gasteiger partial charge in [-0.05, 0) is 55.1 Å². The van der Waals surface area contributed by atoms with Crippen LogP contribution in [-0.2, 0) is 4.74 Å². The molecule has 3 aromatic rings. The average Bonchev–Trinajstić information content (AvgIpc) is 3.13. The Labute approximate surface area is 156 Å². The highest BCUT2D eigenvalue weighted by Crippen LogP contribution is 2.29. The highest BCUT2D eigenvalue weighted by Gasteiger charge is 2.15. The van der Waals surface area contributed by atoms with Crippen molar-refractivity contribution in [1.82, 2.24) is 0 Å². The molecule has 0 saturated heterocycles. The van der Waals surface area contributed by atoms with E-state index in [2.05, 4.69) is 5.32 Å². The number of rotatable bonds is 5. The van der Waals surface area contributed by atoms with Gasteiger partial charge in [0.1, 0.15) is 0 Å². The summed E-state index contributed by atoms with van der Waals surface area (Å²) in [5.74, 6) is -0.537. The zero-order chi connectivity index (χ0) is 18.5. The number of hydrogen-bond donors (Lipinski definition) is 1. The maximum absolute atomic E-state index is 12.7. The second-order valence-corrected chi connectivity index (χ2v) is 6.70. The lowest BCUT2D eigenvalue weighted by atomic mass is 10.0. The molecule has 0 unspecified atom stereocenters. The molecule has 1 aromatic heterocycles. The number of carbonyl (C=O) groups is 2. The van der Waals surface area contributed by atoms with Crippen LogP contribution in [0.2, 0.25) is 0 Å². The molecule has 132 valence electrons. The minimum atomic E-state index is -0.370. The van der Waals surface area contributed by atoms with Crippen LogP contribution in [0.15, 0.2) is 60.0 Å². The smallest absolute Gasteiger partial charge is 0.338 e. The summed E-state index contributed by atoms with van der Waals surface area (Å²) < 4.78 is 4.96. The van der Waals surface area contributed by atoms with E-state index in [1.807, 2.05) is 42.6 Å². The number of carbonyl (C=O) groups excluding carboxylic acids is 2. The molecule has 2 aromatic carbocycles. The predicted molar refractivity (Wildman–Crippen MR) is 105 cm³/mol. The molecule has 5 heteroatoms. The summed E-state index contributed by atoms with van der Waals surface area (Å²) in [6.07, 6.45) is 0. The maximum Gasteiger partial charge on any atom is 0.338 e. The van der Waals surface area contributed by atoms with Crippen molar-refractivity contribution in [3.63, 3.8) is 0 Å². The third-order valence-electron chi connectivity index (χ3n) is 3.89. The number of anilines is 1. The molecule has 0 aliphatic carbocycles.